The van der Waals surface area contributed by atoms with Crippen LogP contribution in [0.1, 0.15) is 12.0 Å². The summed E-state index contributed by atoms with van der Waals surface area (Å²) in [4.78, 5) is 4.44. The quantitative estimate of drug-likeness (QED) is 0.710. The van der Waals surface area contributed by atoms with Crippen LogP contribution in [0.3, 0.4) is 0 Å². The van der Waals surface area contributed by atoms with Crippen LogP contribution in [-0.4, -0.2) is 19.0 Å². The second kappa shape index (κ2) is 3.97. The fourth-order valence-electron chi connectivity index (χ4n) is 2.03. The van der Waals surface area contributed by atoms with Gasteiger partial charge in [-0.1, -0.05) is 36.4 Å². The predicted octanol–water partition coefficient (Wildman–Crippen LogP) is 3.01. The Morgan fingerprint density at radius 3 is 2.75 bits per heavy atom. The highest BCUT2D eigenvalue weighted by Gasteiger charge is 2.11. The molecule has 0 spiro atoms. The topological polar surface area (TPSA) is 21.6 Å². The molecule has 0 amide bonds. The second-order valence-corrected chi connectivity index (χ2v) is 3.92. The minimum atomic E-state index is 0.780. The summed E-state index contributed by atoms with van der Waals surface area (Å²) in [7, 11) is 0. The largest absolute Gasteiger partial charge is 0.477 e. The van der Waals surface area contributed by atoms with E-state index < -0.39 is 0 Å². The minimum absolute atomic E-state index is 0.780. The van der Waals surface area contributed by atoms with Crippen molar-refractivity contribution in [3.63, 3.8) is 0 Å². The number of nitrogens with zero attached hydrogens (tertiary/aromatic N) is 1. The highest BCUT2D eigenvalue weighted by Crippen LogP contribution is 2.20. The van der Waals surface area contributed by atoms with Crippen LogP contribution in [0.5, 0.6) is 0 Å². The molecule has 0 aliphatic carbocycles. The first-order chi connectivity index (χ1) is 7.95. The lowest BCUT2D eigenvalue weighted by Crippen LogP contribution is -2.14. The van der Waals surface area contributed by atoms with Gasteiger partial charge < -0.3 is 4.74 Å². The summed E-state index contributed by atoms with van der Waals surface area (Å²) >= 11 is 0. The maximum atomic E-state index is 5.62. The van der Waals surface area contributed by atoms with E-state index in [-0.39, 0.29) is 0 Å². The molecule has 0 unspecified atom stereocenters. The lowest BCUT2D eigenvalue weighted by molar-refractivity contribution is 0.284. The summed E-state index contributed by atoms with van der Waals surface area (Å²) in [6.07, 6.45) is 1.02. The first kappa shape index (κ1) is 9.40. The molecule has 1 aliphatic heterocycles. The van der Waals surface area contributed by atoms with Crippen LogP contribution in [-0.2, 0) is 4.74 Å². The zero-order valence-corrected chi connectivity index (χ0v) is 9.02. The highest BCUT2D eigenvalue weighted by atomic mass is 16.5. The first-order valence-corrected chi connectivity index (χ1v) is 5.60. The molecule has 2 nitrogen and oxygen atoms in total. The Hall–Kier alpha value is -1.83. The van der Waals surface area contributed by atoms with E-state index in [9.17, 15) is 0 Å². The van der Waals surface area contributed by atoms with Gasteiger partial charge in [0, 0.05) is 18.5 Å². The third-order valence-electron chi connectivity index (χ3n) is 2.82. The van der Waals surface area contributed by atoms with Crippen molar-refractivity contribution in [2.24, 2.45) is 4.99 Å². The number of hydrogen-bond acceptors (Lipinski definition) is 2. The molecular weight excluding hydrogens is 198 g/mol. The lowest BCUT2D eigenvalue weighted by atomic mass is 10.0. The average molecular weight is 211 g/mol. The van der Waals surface area contributed by atoms with E-state index in [0.717, 1.165) is 31.0 Å². The van der Waals surface area contributed by atoms with Crippen molar-refractivity contribution in [2.75, 3.05) is 13.2 Å². The Morgan fingerprint density at radius 1 is 1.00 bits per heavy atom. The van der Waals surface area contributed by atoms with Crippen LogP contribution in [0.2, 0.25) is 0 Å². The molecule has 1 heterocycles. The number of fused-ring (bicyclic) bond motifs is 1. The minimum Gasteiger partial charge on any atom is -0.477 e. The van der Waals surface area contributed by atoms with E-state index in [1.165, 1.54) is 10.8 Å². The van der Waals surface area contributed by atoms with Crippen LogP contribution >= 0.6 is 0 Å². The molecule has 1 aliphatic rings. The molecule has 0 atom stereocenters. The molecule has 3 rings (SSSR count). The Balaban J connectivity index is 2.19. The van der Waals surface area contributed by atoms with Gasteiger partial charge in [0.05, 0.1) is 6.61 Å². The van der Waals surface area contributed by atoms with Crippen molar-refractivity contribution >= 4 is 16.7 Å². The van der Waals surface area contributed by atoms with Gasteiger partial charge in [0.2, 0.25) is 5.90 Å². The summed E-state index contributed by atoms with van der Waals surface area (Å²) in [5.74, 6) is 0.794. The van der Waals surface area contributed by atoms with Crippen molar-refractivity contribution in [3.05, 3.63) is 48.0 Å². The molecule has 16 heavy (non-hydrogen) atoms. The van der Waals surface area contributed by atoms with Crippen LogP contribution in [0, 0.1) is 0 Å². The van der Waals surface area contributed by atoms with Crippen molar-refractivity contribution in [1.29, 1.82) is 0 Å². The van der Waals surface area contributed by atoms with Gasteiger partial charge in [-0.2, -0.15) is 0 Å². The van der Waals surface area contributed by atoms with Gasteiger partial charge >= 0.3 is 0 Å². The fourth-order valence-corrected chi connectivity index (χ4v) is 2.03. The van der Waals surface area contributed by atoms with Crippen LogP contribution < -0.4 is 0 Å². The standard InChI is InChI=1S/C14H13NO/c1-2-7-12-11(5-1)6-3-8-13(12)14-15-9-4-10-16-14/h1-3,5-8H,4,9-10H2. The summed E-state index contributed by atoms with van der Waals surface area (Å²) in [5.41, 5.74) is 1.11. The number of rotatable bonds is 1. The van der Waals surface area contributed by atoms with Crippen LogP contribution in [0.15, 0.2) is 47.5 Å². The van der Waals surface area contributed by atoms with Crippen molar-refractivity contribution < 1.29 is 4.74 Å². The smallest absolute Gasteiger partial charge is 0.216 e. The van der Waals surface area contributed by atoms with Gasteiger partial charge in [0.1, 0.15) is 0 Å². The maximum absolute atomic E-state index is 5.62. The fraction of sp³-hybridized carbons (Fsp3) is 0.214. The molecule has 80 valence electrons. The summed E-state index contributed by atoms with van der Waals surface area (Å²) < 4.78 is 5.62. The van der Waals surface area contributed by atoms with E-state index in [1.54, 1.807) is 0 Å². The number of hydrogen-bond donors (Lipinski definition) is 0. The highest BCUT2D eigenvalue weighted by molar-refractivity contribution is 6.07. The van der Waals surface area contributed by atoms with Crippen LogP contribution in [0.25, 0.3) is 10.8 Å². The molecule has 0 saturated carbocycles. The second-order valence-electron chi connectivity index (χ2n) is 3.92. The van der Waals surface area contributed by atoms with E-state index in [4.69, 9.17) is 4.74 Å². The molecule has 0 aromatic heterocycles. The SMILES string of the molecule is c1ccc2c(C3=NCCCO3)cccc2c1. The van der Waals surface area contributed by atoms with E-state index in [2.05, 4.69) is 47.5 Å². The first-order valence-electron chi connectivity index (χ1n) is 5.60. The lowest BCUT2D eigenvalue weighted by Gasteiger charge is -2.15. The Bertz CT molecular complexity index is 540. The number of aliphatic imine (C=N–C) groups is 1. The Labute approximate surface area is 94.6 Å². The molecule has 0 fully saturated rings. The Morgan fingerprint density at radius 2 is 1.88 bits per heavy atom. The van der Waals surface area contributed by atoms with Gasteiger partial charge in [-0.25, -0.2) is 0 Å². The summed E-state index contributed by atoms with van der Waals surface area (Å²) in [6.45, 7) is 1.65. The van der Waals surface area contributed by atoms with E-state index >= 15 is 0 Å². The average Bonchev–Trinajstić information content (AvgIpc) is 2.39. The third-order valence-corrected chi connectivity index (χ3v) is 2.82. The molecular formula is C14H13NO. The molecule has 0 saturated heterocycles. The molecule has 0 radical (unpaired) electrons. The van der Waals surface area contributed by atoms with Gasteiger partial charge in [-0.3, -0.25) is 4.99 Å². The normalized spacial score (nSPS) is 15.6. The summed E-state index contributed by atoms with van der Waals surface area (Å²) in [5, 5.41) is 2.45. The number of ether oxygens (including phenoxy) is 1. The molecule has 0 bridgehead atoms. The van der Waals surface area contributed by atoms with Crippen molar-refractivity contribution in [3.8, 4) is 0 Å². The molecule has 2 heteroatoms. The third kappa shape index (κ3) is 1.56. The molecule has 2 aromatic rings. The molecule has 0 N–H and O–H groups in total. The zero-order chi connectivity index (χ0) is 10.8. The Kier molecular flexibility index (Phi) is 2.33. The molecule has 2 aromatic carbocycles. The van der Waals surface area contributed by atoms with Gasteiger partial charge in [-0.15, -0.1) is 0 Å². The number of benzene rings is 2. The monoisotopic (exact) mass is 211 g/mol. The van der Waals surface area contributed by atoms with Crippen molar-refractivity contribution in [1.82, 2.24) is 0 Å². The van der Waals surface area contributed by atoms with Crippen molar-refractivity contribution in [2.45, 2.75) is 6.42 Å². The van der Waals surface area contributed by atoms with E-state index in [1.807, 2.05) is 0 Å². The van der Waals surface area contributed by atoms with Crippen LogP contribution in [0.4, 0.5) is 0 Å². The van der Waals surface area contributed by atoms with E-state index in [0.29, 0.717) is 0 Å². The maximum Gasteiger partial charge on any atom is 0.216 e. The van der Waals surface area contributed by atoms with Gasteiger partial charge in [0.15, 0.2) is 0 Å². The predicted molar refractivity (Wildman–Crippen MR) is 65.9 cm³/mol. The summed E-state index contributed by atoms with van der Waals surface area (Å²) in [6, 6.07) is 14.6. The zero-order valence-electron chi connectivity index (χ0n) is 9.02. The van der Waals surface area contributed by atoms with Gasteiger partial charge in [-0.05, 0) is 16.8 Å². The van der Waals surface area contributed by atoms with Gasteiger partial charge in [0.25, 0.3) is 0 Å².